The summed E-state index contributed by atoms with van der Waals surface area (Å²) in [6.45, 7) is -0.0146. The van der Waals surface area contributed by atoms with E-state index < -0.39 is 0 Å². The van der Waals surface area contributed by atoms with E-state index in [1.54, 1.807) is 25.3 Å². The summed E-state index contributed by atoms with van der Waals surface area (Å²) in [6, 6.07) is 12.5. The standard InChI is InChI=1S/C19H16N4O4S2/c1-26-13-4-2-3-12(8-13)20-18-22-23-19(29-18)28-10-15(24)11-5-6-16-14(7-11)21-17(25)9-27-16/h2-8H,9-10H2,1H3,(H,20,22)(H,21,25). The van der Waals surface area contributed by atoms with Gasteiger partial charge in [0.25, 0.3) is 5.91 Å². The highest BCUT2D eigenvalue weighted by Crippen LogP contribution is 2.31. The van der Waals surface area contributed by atoms with Gasteiger partial charge in [0, 0.05) is 17.3 Å². The largest absolute Gasteiger partial charge is 0.497 e. The van der Waals surface area contributed by atoms with Crippen LogP contribution in [0, 0.1) is 0 Å². The normalized spacial score (nSPS) is 12.5. The van der Waals surface area contributed by atoms with Crippen LogP contribution in [-0.2, 0) is 4.79 Å². The number of anilines is 3. The summed E-state index contributed by atoms with van der Waals surface area (Å²) in [4.78, 5) is 23.9. The number of amides is 1. The predicted octanol–water partition coefficient (Wildman–Crippen LogP) is 3.60. The molecule has 0 spiro atoms. The number of Topliss-reactive ketones (excluding diaryl/α,β-unsaturated/α-hetero) is 1. The van der Waals surface area contributed by atoms with E-state index in [-0.39, 0.29) is 24.1 Å². The van der Waals surface area contributed by atoms with Crippen LogP contribution >= 0.6 is 23.1 Å². The van der Waals surface area contributed by atoms with Gasteiger partial charge in [-0.05, 0) is 30.3 Å². The number of rotatable bonds is 7. The molecule has 10 heteroatoms. The molecule has 4 rings (SSSR count). The van der Waals surface area contributed by atoms with E-state index in [0.717, 1.165) is 11.4 Å². The minimum absolute atomic E-state index is 0.0146. The molecule has 29 heavy (non-hydrogen) atoms. The number of ether oxygens (including phenoxy) is 2. The highest BCUT2D eigenvalue weighted by atomic mass is 32.2. The number of aromatic nitrogens is 2. The number of fused-ring (bicyclic) bond motifs is 1. The average Bonchev–Trinajstić information content (AvgIpc) is 3.18. The van der Waals surface area contributed by atoms with E-state index in [2.05, 4.69) is 20.8 Å². The van der Waals surface area contributed by atoms with Crippen LogP contribution in [0.5, 0.6) is 11.5 Å². The molecule has 0 fully saturated rings. The lowest BCUT2D eigenvalue weighted by Gasteiger charge is -2.18. The van der Waals surface area contributed by atoms with Crippen LogP contribution in [0.2, 0.25) is 0 Å². The second-order valence-corrected chi connectivity index (χ2v) is 8.19. The van der Waals surface area contributed by atoms with Gasteiger partial charge in [0.2, 0.25) is 5.13 Å². The molecule has 8 nitrogen and oxygen atoms in total. The third-order valence-corrected chi connectivity index (χ3v) is 5.96. The Labute approximate surface area is 174 Å². The average molecular weight is 428 g/mol. The summed E-state index contributed by atoms with van der Waals surface area (Å²) in [5, 5.41) is 14.7. The van der Waals surface area contributed by atoms with Gasteiger partial charge >= 0.3 is 0 Å². The fourth-order valence-electron chi connectivity index (χ4n) is 2.61. The first-order valence-electron chi connectivity index (χ1n) is 8.58. The van der Waals surface area contributed by atoms with Gasteiger partial charge in [-0.15, -0.1) is 10.2 Å². The number of nitrogens with zero attached hydrogens (tertiary/aromatic N) is 2. The monoisotopic (exact) mass is 428 g/mol. The minimum atomic E-state index is -0.235. The number of nitrogens with one attached hydrogen (secondary N) is 2. The van der Waals surface area contributed by atoms with Gasteiger partial charge < -0.3 is 20.1 Å². The molecule has 0 atom stereocenters. The van der Waals surface area contributed by atoms with Crippen LogP contribution < -0.4 is 20.1 Å². The summed E-state index contributed by atoms with van der Waals surface area (Å²) in [7, 11) is 1.61. The van der Waals surface area contributed by atoms with Gasteiger partial charge in [-0.1, -0.05) is 29.2 Å². The summed E-state index contributed by atoms with van der Waals surface area (Å²) < 4.78 is 11.2. The topological polar surface area (TPSA) is 102 Å². The SMILES string of the molecule is COc1cccc(Nc2nnc(SCC(=O)c3ccc4c(c3)NC(=O)CO4)s2)c1. The maximum absolute atomic E-state index is 12.5. The molecule has 1 aromatic heterocycles. The number of carbonyl (C=O) groups is 2. The van der Waals surface area contributed by atoms with Gasteiger partial charge in [-0.2, -0.15) is 0 Å². The molecule has 2 N–H and O–H groups in total. The summed E-state index contributed by atoms with van der Waals surface area (Å²) >= 11 is 2.67. The van der Waals surface area contributed by atoms with Crippen LogP contribution in [0.3, 0.4) is 0 Å². The molecular weight excluding hydrogens is 412 g/mol. The highest BCUT2D eigenvalue weighted by Gasteiger charge is 2.18. The van der Waals surface area contributed by atoms with Crippen molar-refractivity contribution in [3.63, 3.8) is 0 Å². The maximum atomic E-state index is 12.5. The Morgan fingerprint density at radius 1 is 1.31 bits per heavy atom. The fraction of sp³-hybridized carbons (Fsp3) is 0.158. The third-order valence-electron chi connectivity index (χ3n) is 3.99. The second kappa shape index (κ2) is 8.50. The van der Waals surface area contributed by atoms with Crippen LogP contribution in [0.25, 0.3) is 0 Å². The predicted molar refractivity (Wildman–Crippen MR) is 112 cm³/mol. The van der Waals surface area contributed by atoms with Crippen molar-refractivity contribution >= 4 is 51.3 Å². The van der Waals surface area contributed by atoms with Crippen molar-refractivity contribution in [2.45, 2.75) is 4.34 Å². The zero-order valence-electron chi connectivity index (χ0n) is 15.3. The highest BCUT2D eigenvalue weighted by molar-refractivity contribution is 8.01. The molecule has 2 heterocycles. The Kier molecular flexibility index (Phi) is 5.63. The maximum Gasteiger partial charge on any atom is 0.262 e. The fourth-order valence-corrected chi connectivity index (χ4v) is 4.28. The van der Waals surface area contributed by atoms with Crippen molar-refractivity contribution in [1.29, 1.82) is 0 Å². The van der Waals surface area contributed by atoms with Crippen LogP contribution in [-0.4, -0.2) is 41.4 Å². The van der Waals surface area contributed by atoms with Crippen LogP contribution in [0.15, 0.2) is 46.8 Å². The number of methoxy groups -OCH3 is 1. The van der Waals surface area contributed by atoms with E-state index in [9.17, 15) is 9.59 Å². The lowest BCUT2D eigenvalue weighted by molar-refractivity contribution is -0.118. The van der Waals surface area contributed by atoms with E-state index in [1.165, 1.54) is 23.1 Å². The Morgan fingerprint density at radius 2 is 2.21 bits per heavy atom. The number of carbonyl (C=O) groups excluding carboxylic acids is 2. The Balaban J connectivity index is 1.36. The molecule has 0 bridgehead atoms. The van der Waals surface area contributed by atoms with E-state index in [0.29, 0.717) is 26.5 Å². The number of benzene rings is 2. The van der Waals surface area contributed by atoms with Gasteiger partial charge in [0.15, 0.2) is 16.7 Å². The quantitative estimate of drug-likeness (QED) is 0.435. The molecule has 0 saturated carbocycles. The molecule has 148 valence electrons. The van der Waals surface area contributed by atoms with E-state index in [4.69, 9.17) is 9.47 Å². The first kappa shape index (κ1) is 19.2. The van der Waals surface area contributed by atoms with Gasteiger partial charge in [-0.25, -0.2) is 0 Å². The number of thioether (sulfide) groups is 1. The first-order chi connectivity index (χ1) is 14.1. The van der Waals surface area contributed by atoms with Crippen molar-refractivity contribution < 1.29 is 19.1 Å². The molecular formula is C19H16N4O4S2. The molecule has 0 saturated heterocycles. The Morgan fingerprint density at radius 3 is 3.07 bits per heavy atom. The lowest BCUT2D eigenvalue weighted by atomic mass is 10.1. The van der Waals surface area contributed by atoms with Crippen molar-refractivity contribution in [1.82, 2.24) is 10.2 Å². The summed E-state index contributed by atoms with van der Waals surface area (Å²) in [5.41, 5.74) is 1.85. The molecule has 1 aliphatic heterocycles. The molecule has 0 aliphatic carbocycles. The third kappa shape index (κ3) is 4.66. The molecule has 0 unspecified atom stereocenters. The van der Waals surface area contributed by atoms with Gasteiger partial charge in [0.05, 0.1) is 18.6 Å². The molecule has 3 aromatic rings. The number of hydrogen-bond donors (Lipinski definition) is 2. The van der Waals surface area contributed by atoms with Gasteiger partial charge in [-0.3, -0.25) is 9.59 Å². The van der Waals surface area contributed by atoms with Crippen LogP contribution in [0.1, 0.15) is 10.4 Å². The first-order valence-corrected chi connectivity index (χ1v) is 10.4. The van der Waals surface area contributed by atoms with Crippen molar-refractivity contribution in [3.05, 3.63) is 48.0 Å². The number of ketones is 1. The lowest BCUT2D eigenvalue weighted by Crippen LogP contribution is -2.25. The molecule has 0 radical (unpaired) electrons. The summed E-state index contributed by atoms with van der Waals surface area (Å²) in [6.07, 6.45) is 0. The number of hydrogen-bond acceptors (Lipinski definition) is 9. The van der Waals surface area contributed by atoms with Crippen molar-refractivity contribution in [3.8, 4) is 11.5 Å². The second-order valence-electron chi connectivity index (χ2n) is 5.99. The smallest absolute Gasteiger partial charge is 0.262 e. The Bertz CT molecular complexity index is 1070. The van der Waals surface area contributed by atoms with E-state index in [1.807, 2.05) is 24.3 Å². The van der Waals surface area contributed by atoms with Crippen LogP contribution in [0.4, 0.5) is 16.5 Å². The van der Waals surface area contributed by atoms with Crippen molar-refractivity contribution in [2.24, 2.45) is 0 Å². The zero-order valence-corrected chi connectivity index (χ0v) is 16.9. The van der Waals surface area contributed by atoms with Gasteiger partial charge in [0.1, 0.15) is 11.5 Å². The molecule has 1 amide bonds. The molecule has 2 aromatic carbocycles. The molecule has 1 aliphatic rings. The van der Waals surface area contributed by atoms with Crippen molar-refractivity contribution in [2.75, 3.05) is 30.1 Å². The zero-order chi connectivity index (χ0) is 20.2. The summed E-state index contributed by atoms with van der Waals surface area (Å²) in [5.74, 6) is 1.20. The Hall–Kier alpha value is -3.11. The van der Waals surface area contributed by atoms with E-state index >= 15 is 0 Å². The minimum Gasteiger partial charge on any atom is -0.497 e.